The highest BCUT2D eigenvalue weighted by Gasteiger charge is 2.36. The lowest BCUT2D eigenvalue weighted by Crippen LogP contribution is -2.23. The topological polar surface area (TPSA) is 38.9 Å². The van der Waals surface area contributed by atoms with Gasteiger partial charge in [-0.05, 0) is 11.6 Å². The molecule has 1 aromatic rings. The summed E-state index contributed by atoms with van der Waals surface area (Å²) >= 11 is 0. The van der Waals surface area contributed by atoms with Gasteiger partial charge in [0.25, 0.3) is 0 Å². The second-order valence-electron chi connectivity index (χ2n) is 2.79. The Hall–Kier alpha value is -1.36. The van der Waals surface area contributed by atoms with Crippen molar-refractivity contribution in [2.24, 2.45) is 5.73 Å². The van der Waals surface area contributed by atoms with Crippen LogP contribution in [0.2, 0.25) is 0 Å². The van der Waals surface area contributed by atoms with E-state index in [1.807, 2.05) is 0 Å². The molecular weight excluding hydrogens is 193 g/mol. The summed E-state index contributed by atoms with van der Waals surface area (Å²) in [7, 11) is 0. The van der Waals surface area contributed by atoms with Crippen LogP contribution in [0.25, 0.3) is 0 Å². The van der Waals surface area contributed by atoms with E-state index in [1.165, 1.54) is 24.5 Å². The Bertz CT molecular complexity index is 319. The molecule has 1 rings (SSSR count). The number of aromatic nitrogens is 1. The van der Waals surface area contributed by atoms with Gasteiger partial charge in [-0.2, -0.15) is 13.2 Å². The van der Waals surface area contributed by atoms with Crippen LogP contribution in [0.4, 0.5) is 13.2 Å². The Morgan fingerprint density at radius 2 is 2.14 bits per heavy atom. The number of nitrogens with zero attached hydrogens (tertiary/aromatic N) is 1. The van der Waals surface area contributed by atoms with Crippen molar-refractivity contribution in [1.29, 1.82) is 0 Å². The molecule has 0 bridgehead atoms. The molecule has 0 spiro atoms. The van der Waals surface area contributed by atoms with E-state index >= 15 is 0 Å². The summed E-state index contributed by atoms with van der Waals surface area (Å²) in [6.45, 7) is 2.92. The molecule has 1 heterocycles. The molecule has 76 valence electrons. The molecule has 0 aromatic carbocycles. The van der Waals surface area contributed by atoms with Crippen molar-refractivity contribution in [1.82, 2.24) is 4.98 Å². The van der Waals surface area contributed by atoms with Gasteiger partial charge in [-0.25, -0.2) is 0 Å². The molecule has 0 aliphatic carbocycles. The maximum Gasteiger partial charge on any atom is 0.413 e. The van der Waals surface area contributed by atoms with Crippen molar-refractivity contribution in [2.45, 2.75) is 12.2 Å². The first-order valence-electron chi connectivity index (χ1n) is 3.84. The zero-order valence-electron chi connectivity index (χ0n) is 7.25. The third-order valence-corrected chi connectivity index (χ3v) is 1.78. The largest absolute Gasteiger partial charge is 0.413 e. The van der Waals surface area contributed by atoms with Gasteiger partial charge in [0, 0.05) is 18.0 Å². The highest BCUT2D eigenvalue weighted by Crippen LogP contribution is 2.32. The molecule has 0 radical (unpaired) electrons. The minimum atomic E-state index is -4.46. The zero-order chi connectivity index (χ0) is 10.8. The first-order chi connectivity index (χ1) is 6.43. The van der Waals surface area contributed by atoms with Crippen LogP contribution in [-0.4, -0.2) is 11.2 Å². The van der Waals surface area contributed by atoms with Gasteiger partial charge in [-0.3, -0.25) is 4.98 Å². The second kappa shape index (κ2) is 3.79. The average molecular weight is 202 g/mol. The number of halogens is 3. The molecule has 1 atom stereocenters. The summed E-state index contributed by atoms with van der Waals surface area (Å²) in [4.78, 5) is 3.68. The van der Waals surface area contributed by atoms with Gasteiger partial charge in [0.2, 0.25) is 0 Å². The second-order valence-corrected chi connectivity index (χ2v) is 2.79. The molecule has 0 aliphatic rings. The van der Waals surface area contributed by atoms with Crippen LogP contribution in [0, 0.1) is 0 Å². The Kier molecular flexibility index (Phi) is 2.90. The lowest BCUT2D eigenvalue weighted by molar-refractivity contribution is -0.0953. The van der Waals surface area contributed by atoms with Crippen LogP contribution in [0.15, 0.2) is 36.7 Å². The minimum absolute atomic E-state index is 0.301. The van der Waals surface area contributed by atoms with Crippen molar-refractivity contribution < 1.29 is 13.2 Å². The summed E-state index contributed by atoms with van der Waals surface area (Å²) in [6.07, 6.45) is -1.70. The number of rotatable bonds is 2. The Morgan fingerprint density at radius 1 is 1.50 bits per heavy atom. The molecule has 14 heavy (non-hydrogen) atoms. The van der Waals surface area contributed by atoms with E-state index in [4.69, 9.17) is 5.73 Å². The molecule has 1 aromatic heterocycles. The number of pyridine rings is 1. The van der Waals surface area contributed by atoms with Crippen LogP contribution < -0.4 is 5.73 Å². The van der Waals surface area contributed by atoms with E-state index in [0.717, 1.165) is 0 Å². The molecule has 0 fully saturated rings. The van der Waals surface area contributed by atoms with E-state index in [1.54, 1.807) is 0 Å². The van der Waals surface area contributed by atoms with Gasteiger partial charge in [0.05, 0.1) is 6.04 Å². The number of hydrogen-bond acceptors (Lipinski definition) is 2. The smallest absolute Gasteiger partial charge is 0.320 e. The molecule has 0 saturated carbocycles. The average Bonchev–Trinajstić information content (AvgIpc) is 2.15. The van der Waals surface area contributed by atoms with Crippen molar-refractivity contribution >= 4 is 0 Å². The fourth-order valence-electron chi connectivity index (χ4n) is 0.937. The van der Waals surface area contributed by atoms with Gasteiger partial charge < -0.3 is 5.73 Å². The number of nitrogens with two attached hydrogens (primary N) is 1. The van der Waals surface area contributed by atoms with Crippen LogP contribution in [0.1, 0.15) is 11.6 Å². The van der Waals surface area contributed by atoms with Gasteiger partial charge in [0.1, 0.15) is 0 Å². The van der Waals surface area contributed by atoms with Crippen LogP contribution in [0.5, 0.6) is 0 Å². The normalized spacial score (nSPS) is 13.7. The maximum atomic E-state index is 12.2. The SMILES string of the molecule is C=C(C(N)c1cccnc1)C(F)(F)F. The van der Waals surface area contributed by atoms with Crippen molar-refractivity contribution in [3.8, 4) is 0 Å². The van der Waals surface area contributed by atoms with E-state index in [0.29, 0.717) is 5.56 Å². The zero-order valence-corrected chi connectivity index (χ0v) is 7.25. The highest BCUT2D eigenvalue weighted by molar-refractivity contribution is 5.25. The standard InChI is InChI=1S/C9H9F3N2/c1-6(9(10,11)12)8(13)7-3-2-4-14-5-7/h2-5,8H,1,13H2. The van der Waals surface area contributed by atoms with Gasteiger partial charge in [0.15, 0.2) is 0 Å². The van der Waals surface area contributed by atoms with Crippen molar-refractivity contribution in [2.75, 3.05) is 0 Å². The van der Waals surface area contributed by atoms with E-state index in [2.05, 4.69) is 11.6 Å². The predicted molar refractivity (Wildman–Crippen MR) is 46.4 cm³/mol. The fourth-order valence-corrected chi connectivity index (χ4v) is 0.937. The number of hydrogen-bond donors (Lipinski definition) is 1. The molecule has 1 unspecified atom stereocenters. The molecule has 0 amide bonds. The van der Waals surface area contributed by atoms with E-state index in [-0.39, 0.29) is 0 Å². The molecule has 2 nitrogen and oxygen atoms in total. The molecule has 2 N–H and O–H groups in total. The summed E-state index contributed by atoms with van der Waals surface area (Å²) in [5, 5.41) is 0. The third kappa shape index (κ3) is 2.32. The third-order valence-electron chi connectivity index (χ3n) is 1.78. The maximum absolute atomic E-state index is 12.2. The molecule has 5 heteroatoms. The Morgan fingerprint density at radius 3 is 2.57 bits per heavy atom. The highest BCUT2D eigenvalue weighted by atomic mass is 19.4. The predicted octanol–water partition coefficient (Wildman–Crippen LogP) is 2.20. The summed E-state index contributed by atoms with van der Waals surface area (Å²) in [5.74, 6) is 0. The quantitative estimate of drug-likeness (QED) is 0.746. The summed E-state index contributed by atoms with van der Waals surface area (Å²) in [5.41, 5.74) is 4.70. The lowest BCUT2D eigenvalue weighted by atomic mass is 10.0. The van der Waals surface area contributed by atoms with Gasteiger partial charge in [-0.1, -0.05) is 12.6 Å². The van der Waals surface area contributed by atoms with Crippen molar-refractivity contribution in [3.05, 3.63) is 42.2 Å². The first-order valence-corrected chi connectivity index (χ1v) is 3.84. The van der Waals surface area contributed by atoms with Crippen LogP contribution >= 0.6 is 0 Å². The van der Waals surface area contributed by atoms with Crippen molar-refractivity contribution in [3.63, 3.8) is 0 Å². The Labute approximate surface area is 79.3 Å². The molecule has 0 aliphatic heterocycles. The Balaban J connectivity index is 2.87. The summed E-state index contributed by atoms with van der Waals surface area (Å²) in [6, 6.07) is 1.76. The van der Waals surface area contributed by atoms with Crippen LogP contribution in [-0.2, 0) is 0 Å². The fraction of sp³-hybridized carbons (Fsp3) is 0.222. The van der Waals surface area contributed by atoms with E-state index < -0.39 is 17.8 Å². The van der Waals surface area contributed by atoms with E-state index in [9.17, 15) is 13.2 Å². The first kappa shape index (κ1) is 10.7. The lowest BCUT2D eigenvalue weighted by Gasteiger charge is -2.17. The monoisotopic (exact) mass is 202 g/mol. The molecule has 0 saturated heterocycles. The van der Waals surface area contributed by atoms with Gasteiger partial charge >= 0.3 is 6.18 Å². The van der Waals surface area contributed by atoms with Crippen LogP contribution in [0.3, 0.4) is 0 Å². The molecular formula is C9H9F3N2. The van der Waals surface area contributed by atoms with Gasteiger partial charge in [-0.15, -0.1) is 0 Å². The summed E-state index contributed by atoms with van der Waals surface area (Å²) < 4.78 is 36.6. The number of alkyl halides is 3. The minimum Gasteiger partial charge on any atom is -0.320 e.